The Bertz CT molecular complexity index is 966. The fourth-order valence-electron chi connectivity index (χ4n) is 3.37. The number of para-hydroxylation sites is 1. The third-order valence-corrected chi connectivity index (χ3v) is 4.99. The average Bonchev–Trinajstić information content (AvgIpc) is 3.37. The molecule has 3 aromatic rings. The van der Waals surface area contributed by atoms with E-state index < -0.39 is 0 Å². The number of carbonyl (C=O) groups is 1. The molecule has 1 aliphatic carbocycles. The van der Waals surface area contributed by atoms with E-state index in [0.29, 0.717) is 5.92 Å². The number of benzene rings is 2. The molecular weight excluding hydrogens is 326 g/mol. The van der Waals surface area contributed by atoms with Gasteiger partial charge in [-0.2, -0.15) is 0 Å². The minimum atomic E-state index is -0.0372. The Morgan fingerprint density at radius 2 is 1.96 bits per heavy atom. The topological polar surface area (TPSA) is 67.0 Å². The van der Waals surface area contributed by atoms with Gasteiger partial charge in [-0.05, 0) is 49.4 Å². The summed E-state index contributed by atoms with van der Waals surface area (Å²) < 4.78 is 5.46. The number of aromatic nitrogens is 2. The minimum absolute atomic E-state index is 0.0372. The molecule has 1 saturated carbocycles. The third kappa shape index (κ3) is 3.05. The molecule has 0 spiro atoms. The summed E-state index contributed by atoms with van der Waals surface area (Å²) in [5, 5.41) is 3.05. The van der Waals surface area contributed by atoms with E-state index in [9.17, 15) is 4.79 Å². The first-order chi connectivity index (χ1) is 12.6. The van der Waals surface area contributed by atoms with E-state index in [2.05, 4.69) is 10.3 Å². The summed E-state index contributed by atoms with van der Waals surface area (Å²) in [7, 11) is 1.65. The second-order valence-corrected chi connectivity index (χ2v) is 7.04. The first kappa shape index (κ1) is 16.6. The molecule has 5 nitrogen and oxygen atoms in total. The molecule has 0 bridgehead atoms. The lowest BCUT2D eigenvalue weighted by Gasteiger charge is -2.12. The molecule has 0 saturated heterocycles. The van der Waals surface area contributed by atoms with Crippen LogP contribution in [0.5, 0.6) is 5.75 Å². The van der Waals surface area contributed by atoms with Crippen LogP contribution in [-0.4, -0.2) is 23.0 Å². The monoisotopic (exact) mass is 349 g/mol. The number of H-pyrrole nitrogens is 1. The highest BCUT2D eigenvalue weighted by Gasteiger charge is 2.28. The van der Waals surface area contributed by atoms with Crippen LogP contribution in [0.2, 0.25) is 0 Å². The molecule has 2 aromatic carbocycles. The van der Waals surface area contributed by atoms with Gasteiger partial charge in [0.25, 0.3) is 0 Å². The molecular formula is C21H23N3O2. The van der Waals surface area contributed by atoms with Crippen molar-refractivity contribution in [2.45, 2.75) is 39.0 Å². The van der Waals surface area contributed by atoms with Crippen LogP contribution in [0.4, 0.5) is 5.69 Å². The summed E-state index contributed by atoms with van der Waals surface area (Å²) in [6.45, 7) is 4.01. The Hall–Kier alpha value is -2.82. The maximum absolute atomic E-state index is 12.7. The summed E-state index contributed by atoms with van der Waals surface area (Å²) in [6.07, 6.45) is 2.62. The van der Waals surface area contributed by atoms with Gasteiger partial charge in [0.2, 0.25) is 5.91 Å². The Morgan fingerprint density at radius 1 is 1.23 bits per heavy atom. The number of methoxy groups -OCH3 is 1. The minimum Gasteiger partial charge on any atom is -0.494 e. The van der Waals surface area contributed by atoms with Crippen LogP contribution in [0.3, 0.4) is 0 Å². The molecule has 1 aliphatic rings. The second-order valence-electron chi connectivity index (χ2n) is 7.04. The lowest BCUT2D eigenvalue weighted by atomic mass is 10.1. The van der Waals surface area contributed by atoms with Gasteiger partial charge in [0.15, 0.2) is 0 Å². The lowest BCUT2D eigenvalue weighted by molar-refractivity contribution is -0.115. The Morgan fingerprint density at radius 3 is 2.62 bits per heavy atom. The summed E-state index contributed by atoms with van der Waals surface area (Å²) in [6, 6.07) is 9.84. The van der Waals surface area contributed by atoms with E-state index in [4.69, 9.17) is 9.72 Å². The molecule has 0 atom stereocenters. The first-order valence-electron chi connectivity index (χ1n) is 8.98. The molecule has 0 unspecified atom stereocenters. The van der Waals surface area contributed by atoms with Crippen molar-refractivity contribution in [1.82, 2.24) is 9.97 Å². The Balaban J connectivity index is 1.63. The number of ether oxygens (including phenoxy) is 1. The average molecular weight is 349 g/mol. The van der Waals surface area contributed by atoms with Crippen molar-refractivity contribution in [1.29, 1.82) is 0 Å². The van der Waals surface area contributed by atoms with Crippen molar-refractivity contribution < 1.29 is 9.53 Å². The molecule has 0 radical (unpaired) electrons. The van der Waals surface area contributed by atoms with Crippen LogP contribution in [0.1, 0.15) is 41.3 Å². The van der Waals surface area contributed by atoms with Gasteiger partial charge in [-0.15, -0.1) is 0 Å². The molecule has 1 heterocycles. The van der Waals surface area contributed by atoms with Crippen LogP contribution in [-0.2, 0) is 11.2 Å². The quantitative estimate of drug-likeness (QED) is 0.724. The number of anilines is 1. The smallest absolute Gasteiger partial charge is 0.228 e. The van der Waals surface area contributed by atoms with Gasteiger partial charge >= 0.3 is 0 Å². The van der Waals surface area contributed by atoms with E-state index >= 15 is 0 Å². The van der Waals surface area contributed by atoms with Gasteiger partial charge < -0.3 is 15.0 Å². The van der Waals surface area contributed by atoms with E-state index in [0.717, 1.165) is 45.0 Å². The number of carbonyl (C=O) groups excluding carboxylic acids is 1. The van der Waals surface area contributed by atoms with E-state index in [-0.39, 0.29) is 12.3 Å². The highest BCUT2D eigenvalue weighted by atomic mass is 16.5. The number of rotatable bonds is 5. The van der Waals surface area contributed by atoms with Crippen molar-refractivity contribution in [2.24, 2.45) is 0 Å². The largest absolute Gasteiger partial charge is 0.494 e. The number of hydrogen-bond acceptors (Lipinski definition) is 3. The third-order valence-electron chi connectivity index (χ3n) is 4.99. The molecule has 1 fully saturated rings. The molecule has 134 valence electrons. The van der Waals surface area contributed by atoms with Crippen LogP contribution < -0.4 is 10.1 Å². The highest BCUT2D eigenvalue weighted by Crippen LogP contribution is 2.40. The zero-order valence-electron chi connectivity index (χ0n) is 15.3. The zero-order valence-corrected chi connectivity index (χ0v) is 15.3. The predicted molar refractivity (Wildman–Crippen MR) is 103 cm³/mol. The van der Waals surface area contributed by atoms with Gasteiger partial charge in [0.05, 0.1) is 19.0 Å². The summed E-state index contributed by atoms with van der Waals surface area (Å²) >= 11 is 0. The van der Waals surface area contributed by atoms with E-state index in [1.54, 1.807) is 7.11 Å². The number of aryl methyl sites for hydroxylation is 2. The highest BCUT2D eigenvalue weighted by molar-refractivity contribution is 5.96. The van der Waals surface area contributed by atoms with Gasteiger partial charge in [-0.3, -0.25) is 4.79 Å². The normalized spacial score (nSPS) is 13.8. The fraction of sp³-hybridized carbons (Fsp3) is 0.333. The van der Waals surface area contributed by atoms with Crippen molar-refractivity contribution in [3.8, 4) is 5.75 Å². The van der Waals surface area contributed by atoms with Crippen molar-refractivity contribution in [3.63, 3.8) is 0 Å². The molecule has 4 rings (SSSR count). The number of imidazole rings is 1. The summed E-state index contributed by atoms with van der Waals surface area (Å²) in [5.41, 5.74) is 5.65. The number of nitrogens with one attached hydrogen (secondary N) is 2. The molecule has 5 heteroatoms. The number of amides is 1. The maximum atomic E-state index is 12.7. The molecule has 0 aliphatic heterocycles. The van der Waals surface area contributed by atoms with Gasteiger partial charge in [0, 0.05) is 11.6 Å². The van der Waals surface area contributed by atoms with Crippen LogP contribution in [0, 0.1) is 13.8 Å². The summed E-state index contributed by atoms with van der Waals surface area (Å²) in [4.78, 5) is 20.8. The van der Waals surface area contributed by atoms with Gasteiger partial charge in [-0.25, -0.2) is 4.98 Å². The van der Waals surface area contributed by atoms with Gasteiger partial charge in [-0.1, -0.05) is 24.3 Å². The number of fused-ring (bicyclic) bond motifs is 1. The summed E-state index contributed by atoms with van der Waals surface area (Å²) in [5.74, 6) is 2.24. The molecule has 26 heavy (non-hydrogen) atoms. The van der Waals surface area contributed by atoms with Crippen molar-refractivity contribution >= 4 is 22.6 Å². The maximum Gasteiger partial charge on any atom is 0.228 e. The van der Waals surface area contributed by atoms with E-state index in [1.807, 2.05) is 44.2 Å². The number of aromatic amines is 1. The second kappa shape index (κ2) is 6.48. The lowest BCUT2D eigenvalue weighted by Crippen LogP contribution is -2.16. The SMILES string of the molecule is COc1ccc(CC(=O)Nc2c(C)cccc2C)c2nc(C3CC3)[nH]c12. The van der Waals surface area contributed by atoms with Crippen molar-refractivity contribution in [2.75, 3.05) is 12.4 Å². The molecule has 2 N–H and O–H groups in total. The molecule has 1 amide bonds. The van der Waals surface area contributed by atoms with Crippen LogP contribution >= 0.6 is 0 Å². The fourth-order valence-corrected chi connectivity index (χ4v) is 3.37. The van der Waals surface area contributed by atoms with E-state index in [1.165, 1.54) is 12.8 Å². The zero-order chi connectivity index (χ0) is 18.3. The van der Waals surface area contributed by atoms with Crippen molar-refractivity contribution in [3.05, 3.63) is 52.8 Å². The first-order valence-corrected chi connectivity index (χ1v) is 8.98. The van der Waals surface area contributed by atoms with Crippen LogP contribution in [0.25, 0.3) is 11.0 Å². The Labute approximate surface area is 152 Å². The molecule has 1 aromatic heterocycles. The number of nitrogens with zero attached hydrogens (tertiary/aromatic N) is 1. The standard InChI is InChI=1S/C21H23N3O2/c1-12-5-4-6-13(2)18(12)22-17(25)11-15-9-10-16(26-3)20-19(15)23-21(24-20)14-7-8-14/h4-6,9-10,14H,7-8,11H2,1-3H3,(H,22,25)(H,23,24). The van der Waals surface area contributed by atoms with Gasteiger partial charge in [0.1, 0.15) is 17.1 Å². The predicted octanol–water partition coefficient (Wildman–Crippen LogP) is 4.25. The number of hydrogen-bond donors (Lipinski definition) is 2. The van der Waals surface area contributed by atoms with Crippen LogP contribution in [0.15, 0.2) is 30.3 Å². The Kier molecular flexibility index (Phi) is 4.15.